The van der Waals surface area contributed by atoms with E-state index in [1.807, 2.05) is 42.6 Å². The highest BCUT2D eigenvalue weighted by atomic mass is 35.5. The average molecular weight is 348 g/mol. The van der Waals surface area contributed by atoms with E-state index < -0.39 is 0 Å². The van der Waals surface area contributed by atoms with Gasteiger partial charge in [-0.15, -0.1) is 23.7 Å². The number of anilines is 3. The maximum atomic E-state index is 12.3. The van der Waals surface area contributed by atoms with Crippen LogP contribution in [0.4, 0.5) is 16.6 Å². The maximum absolute atomic E-state index is 12.3. The number of aromatic nitrogens is 3. The molecule has 0 atom stereocenters. The van der Waals surface area contributed by atoms with E-state index >= 15 is 0 Å². The maximum Gasteiger partial charge on any atom is 0.279 e. The Hall–Kier alpha value is -2.51. The summed E-state index contributed by atoms with van der Waals surface area (Å²) in [6.45, 7) is 1.87. The van der Waals surface area contributed by atoms with Crippen molar-refractivity contribution < 1.29 is 4.79 Å². The highest BCUT2D eigenvalue weighted by Crippen LogP contribution is 2.19. The van der Waals surface area contributed by atoms with Crippen molar-refractivity contribution in [3.8, 4) is 0 Å². The van der Waals surface area contributed by atoms with E-state index in [0.29, 0.717) is 10.9 Å². The van der Waals surface area contributed by atoms with Crippen molar-refractivity contribution >= 4 is 46.3 Å². The summed E-state index contributed by atoms with van der Waals surface area (Å²) in [5.74, 6) is 0.0559. The van der Waals surface area contributed by atoms with Gasteiger partial charge in [0, 0.05) is 23.5 Å². The van der Waals surface area contributed by atoms with Gasteiger partial charge in [-0.25, -0.2) is 15.0 Å². The Labute approximate surface area is 143 Å². The van der Waals surface area contributed by atoms with E-state index in [0.717, 1.165) is 11.4 Å². The monoisotopic (exact) mass is 347 g/mol. The van der Waals surface area contributed by atoms with Crippen LogP contribution in [0.2, 0.25) is 0 Å². The predicted molar refractivity (Wildman–Crippen MR) is 93.8 cm³/mol. The first kappa shape index (κ1) is 16.9. The van der Waals surface area contributed by atoms with Crippen molar-refractivity contribution in [1.29, 1.82) is 0 Å². The summed E-state index contributed by atoms with van der Waals surface area (Å²) in [6.07, 6.45) is 3.02. The fourth-order valence-electron chi connectivity index (χ4n) is 1.82. The summed E-state index contributed by atoms with van der Waals surface area (Å²) in [5.41, 5.74) is 1.92. The molecule has 0 radical (unpaired) electrons. The molecule has 1 amide bonds. The number of hydrogen-bond donors (Lipinski definition) is 2. The minimum Gasteiger partial charge on any atom is -0.338 e. The number of halogens is 1. The molecular formula is C15H14ClN5OS. The van der Waals surface area contributed by atoms with Crippen LogP contribution in [-0.4, -0.2) is 20.9 Å². The minimum atomic E-state index is -0.346. The number of carbonyl (C=O) groups is 1. The number of nitrogens with one attached hydrogen (secondary N) is 2. The number of amides is 1. The molecule has 0 aliphatic rings. The molecule has 3 rings (SSSR count). The molecule has 8 heteroatoms. The van der Waals surface area contributed by atoms with Gasteiger partial charge in [-0.1, -0.05) is 18.2 Å². The zero-order chi connectivity index (χ0) is 15.4. The molecule has 2 N–H and O–H groups in total. The van der Waals surface area contributed by atoms with Gasteiger partial charge in [-0.3, -0.25) is 10.1 Å². The van der Waals surface area contributed by atoms with Crippen molar-refractivity contribution in [3.63, 3.8) is 0 Å². The number of carbonyl (C=O) groups excluding carboxylic acids is 1. The third kappa shape index (κ3) is 4.24. The van der Waals surface area contributed by atoms with Gasteiger partial charge in [-0.05, 0) is 19.1 Å². The molecule has 1 aromatic carbocycles. The number of rotatable bonds is 4. The van der Waals surface area contributed by atoms with E-state index in [-0.39, 0.29) is 24.0 Å². The summed E-state index contributed by atoms with van der Waals surface area (Å²) in [7, 11) is 0. The van der Waals surface area contributed by atoms with Crippen molar-refractivity contribution in [2.75, 3.05) is 10.6 Å². The Morgan fingerprint density at radius 1 is 1.13 bits per heavy atom. The van der Waals surface area contributed by atoms with Crippen LogP contribution in [0.1, 0.15) is 16.2 Å². The van der Waals surface area contributed by atoms with Crippen LogP contribution in [0.5, 0.6) is 0 Å². The van der Waals surface area contributed by atoms with E-state index in [2.05, 4.69) is 25.6 Å². The Kier molecular flexibility index (Phi) is 5.61. The topological polar surface area (TPSA) is 79.8 Å². The van der Waals surface area contributed by atoms with E-state index in [1.165, 1.54) is 23.7 Å². The van der Waals surface area contributed by atoms with Crippen LogP contribution in [0, 0.1) is 6.92 Å². The summed E-state index contributed by atoms with van der Waals surface area (Å²) >= 11 is 1.37. The van der Waals surface area contributed by atoms with Gasteiger partial charge < -0.3 is 5.32 Å². The molecule has 6 nitrogen and oxygen atoms in total. The standard InChI is InChI=1S/C15H13N5OS.ClH/c1-10-9-22-15(18-10)20-14(21)12-13(17-8-7-16-12)19-11-5-3-2-4-6-11;/h2-9H,1H3,(H,17,19)(H,18,20,21);1H. The number of hydrogen-bond acceptors (Lipinski definition) is 6. The van der Waals surface area contributed by atoms with Gasteiger partial charge in [0.1, 0.15) is 0 Å². The van der Waals surface area contributed by atoms with Crippen molar-refractivity contribution in [1.82, 2.24) is 15.0 Å². The lowest BCUT2D eigenvalue weighted by Crippen LogP contribution is -2.16. The van der Waals surface area contributed by atoms with Crippen LogP contribution < -0.4 is 10.6 Å². The molecule has 2 aromatic heterocycles. The van der Waals surface area contributed by atoms with Crippen LogP contribution >= 0.6 is 23.7 Å². The number of aryl methyl sites for hydroxylation is 1. The zero-order valence-electron chi connectivity index (χ0n) is 12.2. The number of para-hydroxylation sites is 1. The molecule has 0 saturated heterocycles. The second-order valence-corrected chi connectivity index (χ2v) is 5.35. The third-order valence-corrected chi connectivity index (χ3v) is 3.66. The first-order valence-electron chi connectivity index (χ1n) is 6.59. The smallest absolute Gasteiger partial charge is 0.279 e. The number of nitrogens with zero attached hydrogens (tertiary/aromatic N) is 3. The first-order chi connectivity index (χ1) is 10.7. The lowest BCUT2D eigenvalue weighted by Gasteiger charge is -2.09. The molecule has 0 fully saturated rings. The SMILES string of the molecule is Cc1csc(NC(=O)c2nccnc2Nc2ccccc2)n1.Cl. The molecular weight excluding hydrogens is 334 g/mol. The fourth-order valence-corrected chi connectivity index (χ4v) is 2.50. The van der Waals surface area contributed by atoms with E-state index in [4.69, 9.17) is 0 Å². The second-order valence-electron chi connectivity index (χ2n) is 4.49. The van der Waals surface area contributed by atoms with E-state index in [9.17, 15) is 4.79 Å². The van der Waals surface area contributed by atoms with Gasteiger partial charge in [0.05, 0.1) is 5.69 Å². The number of benzene rings is 1. The first-order valence-corrected chi connectivity index (χ1v) is 7.47. The Balaban J connectivity index is 0.00000192. The molecule has 0 saturated carbocycles. The normalized spacial score (nSPS) is 9.78. The van der Waals surface area contributed by atoms with Crippen LogP contribution in [0.3, 0.4) is 0 Å². The van der Waals surface area contributed by atoms with Crippen molar-refractivity contribution in [2.24, 2.45) is 0 Å². The van der Waals surface area contributed by atoms with Crippen molar-refractivity contribution in [2.45, 2.75) is 6.92 Å². The average Bonchev–Trinajstić information content (AvgIpc) is 2.94. The van der Waals surface area contributed by atoms with Gasteiger partial charge >= 0.3 is 0 Å². The molecule has 23 heavy (non-hydrogen) atoms. The van der Waals surface area contributed by atoms with Crippen LogP contribution in [0.25, 0.3) is 0 Å². The summed E-state index contributed by atoms with van der Waals surface area (Å²) in [6, 6.07) is 9.49. The largest absolute Gasteiger partial charge is 0.338 e. The number of thiazole rings is 1. The summed E-state index contributed by atoms with van der Waals surface area (Å²) < 4.78 is 0. The summed E-state index contributed by atoms with van der Waals surface area (Å²) in [4.78, 5) is 24.9. The molecule has 2 heterocycles. The predicted octanol–water partition coefficient (Wildman–Crippen LogP) is 3.66. The fraction of sp³-hybridized carbons (Fsp3) is 0.0667. The molecule has 0 aliphatic carbocycles. The Morgan fingerprint density at radius 3 is 2.57 bits per heavy atom. The minimum absolute atomic E-state index is 0. The molecule has 0 unspecified atom stereocenters. The second kappa shape index (κ2) is 7.66. The van der Waals surface area contributed by atoms with Crippen LogP contribution in [-0.2, 0) is 0 Å². The van der Waals surface area contributed by atoms with Gasteiger partial charge in [0.25, 0.3) is 5.91 Å². The van der Waals surface area contributed by atoms with Gasteiger partial charge in [0.2, 0.25) is 0 Å². The highest BCUT2D eigenvalue weighted by molar-refractivity contribution is 7.13. The molecule has 0 bridgehead atoms. The van der Waals surface area contributed by atoms with E-state index in [1.54, 1.807) is 0 Å². The van der Waals surface area contributed by atoms with Gasteiger partial charge in [-0.2, -0.15) is 0 Å². The summed E-state index contributed by atoms with van der Waals surface area (Å²) in [5, 5.41) is 8.24. The Bertz CT molecular complexity index is 793. The molecule has 3 aromatic rings. The molecule has 118 valence electrons. The Morgan fingerprint density at radius 2 is 1.87 bits per heavy atom. The zero-order valence-corrected chi connectivity index (χ0v) is 13.8. The molecule has 0 aliphatic heterocycles. The highest BCUT2D eigenvalue weighted by Gasteiger charge is 2.15. The third-order valence-electron chi connectivity index (χ3n) is 2.79. The molecule has 0 spiro atoms. The van der Waals surface area contributed by atoms with Crippen molar-refractivity contribution in [3.05, 3.63) is 59.5 Å². The quantitative estimate of drug-likeness (QED) is 0.752. The lowest BCUT2D eigenvalue weighted by atomic mass is 10.3. The van der Waals surface area contributed by atoms with Crippen LogP contribution in [0.15, 0.2) is 48.1 Å². The van der Waals surface area contributed by atoms with Gasteiger partial charge in [0.15, 0.2) is 16.6 Å². The lowest BCUT2D eigenvalue weighted by molar-refractivity contribution is 0.102.